The maximum atomic E-state index is 11.2. The summed E-state index contributed by atoms with van der Waals surface area (Å²) >= 11 is 0. The van der Waals surface area contributed by atoms with Crippen molar-refractivity contribution in [1.82, 2.24) is 0 Å². The van der Waals surface area contributed by atoms with E-state index in [4.69, 9.17) is 0 Å². The van der Waals surface area contributed by atoms with E-state index in [1.54, 1.807) is 0 Å². The highest BCUT2D eigenvalue weighted by molar-refractivity contribution is 5.32. The molecule has 0 radical (unpaired) electrons. The zero-order valence-electron chi connectivity index (χ0n) is 15.0. The lowest BCUT2D eigenvalue weighted by Crippen LogP contribution is -2.58. The lowest BCUT2D eigenvalue weighted by Gasteiger charge is -2.60. The first-order valence-corrected chi connectivity index (χ1v) is 10.1. The van der Waals surface area contributed by atoms with Crippen LogP contribution in [0.3, 0.4) is 0 Å². The fourth-order valence-electron chi connectivity index (χ4n) is 8.42. The molecule has 24 heavy (non-hydrogen) atoms. The molecule has 1 spiro atoms. The fraction of sp³-hybridized carbons (Fsp3) is 0.905. The van der Waals surface area contributed by atoms with Crippen molar-refractivity contribution in [2.75, 3.05) is 6.61 Å². The maximum absolute atomic E-state index is 11.2. The second-order valence-electron chi connectivity index (χ2n) is 10.1. The number of allylic oxidation sites excluding steroid dienone is 1. The Morgan fingerprint density at radius 3 is 2.75 bits per heavy atom. The Morgan fingerprint density at radius 1 is 1.21 bits per heavy atom. The molecule has 0 aromatic carbocycles. The number of hydrogen-bond acceptors (Lipinski definition) is 3. The maximum Gasteiger partial charge on any atom is 0.0938 e. The van der Waals surface area contributed by atoms with Gasteiger partial charge in [0.15, 0.2) is 0 Å². The number of aliphatic hydroxyl groups excluding tert-OH is 2. The average molecular weight is 332 g/mol. The largest absolute Gasteiger partial charge is 0.393 e. The number of hydrogen-bond donors (Lipinski definition) is 3. The van der Waals surface area contributed by atoms with E-state index in [0.29, 0.717) is 23.7 Å². The van der Waals surface area contributed by atoms with Gasteiger partial charge >= 0.3 is 0 Å². The first kappa shape index (κ1) is 15.8. The van der Waals surface area contributed by atoms with Crippen LogP contribution in [-0.2, 0) is 0 Å². The Kier molecular flexibility index (Phi) is 3.08. The third-order valence-electron chi connectivity index (χ3n) is 9.43. The van der Waals surface area contributed by atoms with Gasteiger partial charge < -0.3 is 15.3 Å². The molecular weight excluding hydrogens is 300 g/mol. The third kappa shape index (κ3) is 1.61. The summed E-state index contributed by atoms with van der Waals surface area (Å²) in [4.78, 5) is 0. The number of fused-ring (bicyclic) bond motifs is 3. The van der Waals surface area contributed by atoms with Crippen molar-refractivity contribution in [1.29, 1.82) is 0 Å². The van der Waals surface area contributed by atoms with Gasteiger partial charge in [-0.05, 0) is 80.0 Å². The van der Waals surface area contributed by atoms with Crippen molar-refractivity contribution in [3.63, 3.8) is 0 Å². The molecule has 0 bridgehead atoms. The van der Waals surface area contributed by atoms with E-state index >= 15 is 0 Å². The van der Waals surface area contributed by atoms with Crippen molar-refractivity contribution < 1.29 is 15.3 Å². The Labute approximate surface area is 145 Å². The Hall–Kier alpha value is -0.380. The minimum Gasteiger partial charge on any atom is -0.393 e. The summed E-state index contributed by atoms with van der Waals surface area (Å²) in [6.07, 6.45) is 9.43. The van der Waals surface area contributed by atoms with E-state index < -0.39 is 5.60 Å². The van der Waals surface area contributed by atoms with Gasteiger partial charge in [0.1, 0.15) is 0 Å². The van der Waals surface area contributed by atoms with Crippen molar-refractivity contribution in [3.05, 3.63) is 11.6 Å². The van der Waals surface area contributed by atoms with Crippen LogP contribution in [0.2, 0.25) is 0 Å². The van der Waals surface area contributed by atoms with Crippen molar-refractivity contribution in [3.8, 4) is 0 Å². The second kappa shape index (κ2) is 4.66. The Balaban J connectivity index is 1.56. The average Bonchev–Trinajstić information content (AvgIpc) is 3.19. The lowest BCUT2D eigenvalue weighted by molar-refractivity contribution is -0.169. The summed E-state index contributed by atoms with van der Waals surface area (Å²) in [6, 6.07) is 0. The van der Waals surface area contributed by atoms with E-state index in [1.807, 2.05) is 0 Å². The lowest BCUT2D eigenvalue weighted by atomic mass is 9.46. The van der Waals surface area contributed by atoms with Crippen molar-refractivity contribution in [2.24, 2.45) is 40.4 Å². The van der Waals surface area contributed by atoms with Gasteiger partial charge in [0.05, 0.1) is 18.3 Å². The summed E-state index contributed by atoms with van der Waals surface area (Å²) in [6.45, 7) is 4.62. The molecule has 0 aromatic rings. The van der Waals surface area contributed by atoms with Crippen LogP contribution in [0.1, 0.15) is 58.8 Å². The van der Waals surface area contributed by atoms with Gasteiger partial charge in [-0.1, -0.05) is 25.5 Å². The van der Waals surface area contributed by atoms with Crippen LogP contribution >= 0.6 is 0 Å². The summed E-state index contributed by atoms with van der Waals surface area (Å²) in [5, 5.41) is 31.2. The van der Waals surface area contributed by atoms with Gasteiger partial charge in [0.25, 0.3) is 0 Å². The first-order valence-electron chi connectivity index (χ1n) is 10.1. The molecule has 0 aliphatic heterocycles. The van der Waals surface area contributed by atoms with Crippen LogP contribution < -0.4 is 0 Å². The normalized spacial score (nSPS) is 61.3. The Morgan fingerprint density at radius 2 is 2.00 bits per heavy atom. The van der Waals surface area contributed by atoms with Gasteiger partial charge in [-0.2, -0.15) is 0 Å². The van der Waals surface area contributed by atoms with Gasteiger partial charge in [0, 0.05) is 5.41 Å². The molecule has 3 N–H and O–H groups in total. The van der Waals surface area contributed by atoms with E-state index in [0.717, 1.165) is 38.0 Å². The highest BCUT2D eigenvalue weighted by Gasteiger charge is 2.81. The molecule has 5 rings (SSSR count). The van der Waals surface area contributed by atoms with Crippen LogP contribution in [0.5, 0.6) is 0 Å². The van der Waals surface area contributed by atoms with Crippen LogP contribution in [0, 0.1) is 40.4 Å². The molecule has 3 heteroatoms. The zero-order chi connectivity index (χ0) is 16.9. The standard InChI is InChI=1S/C21H32O3/c1-12-7-13-8-15(23)3-4-16(13)17-5-6-19(2)20(24,11-22)9-14-10-21(14,19)18(12)17/h8,12,14-18,22-24H,3-7,9-11H2,1-2H3/t12?,14?,15?,16-,17+,18+,19+,20?,21-/m0/s1. The Bertz CT molecular complexity index is 600. The van der Waals surface area contributed by atoms with Gasteiger partial charge in [-0.25, -0.2) is 0 Å². The predicted molar refractivity (Wildman–Crippen MR) is 92.1 cm³/mol. The smallest absolute Gasteiger partial charge is 0.0938 e. The minimum atomic E-state index is -0.862. The molecule has 4 fully saturated rings. The fourth-order valence-corrected chi connectivity index (χ4v) is 8.42. The molecule has 9 atom stereocenters. The molecule has 134 valence electrons. The van der Waals surface area contributed by atoms with E-state index in [2.05, 4.69) is 19.9 Å². The van der Waals surface area contributed by atoms with Crippen molar-refractivity contribution >= 4 is 0 Å². The topological polar surface area (TPSA) is 60.7 Å². The third-order valence-corrected chi connectivity index (χ3v) is 9.43. The summed E-state index contributed by atoms with van der Waals surface area (Å²) < 4.78 is 0. The summed E-state index contributed by atoms with van der Waals surface area (Å²) in [7, 11) is 0. The summed E-state index contributed by atoms with van der Waals surface area (Å²) in [5.41, 5.74) is 0.827. The highest BCUT2D eigenvalue weighted by atomic mass is 16.3. The summed E-state index contributed by atoms with van der Waals surface area (Å²) in [5.74, 6) is 3.34. The predicted octanol–water partition coefficient (Wildman–Crippen LogP) is 2.89. The molecule has 0 heterocycles. The molecule has 4 unspecified atom stereocenters. The molecule has 4 saturated carbocycles. The molecule has 0 aromatic heterocycles. The van der Waals surface area contributed by atoms with E-state index in [1.165, 1.54) is 18.4 Å². The number of rotatable bonds is 1. The molecule has 0 saturated heterocycles. The quantitative estimate of drug-likeness (QED) is 0.647. The van der Waals surface area contributed by atoms with Crippen LogP contribution in [0.25, 0.3) is 0 Å². The molecule has 0 amide bonds. The van der Waals surface area contributed by atoms with E-state index in [9.17, 15) is 15.3 Å². The number of aliphatic hydroxyl groups is 3. The SMILES string of the molecule is CC1CC2=CC(O)CC[C@@H]2[C@H]2CC[C@]3(C)C(O)(CO)CC4C[C@@]43[C@H]12. The van der Waals surface area contributed by atoms with Gasteiger partial charge in [-0.15, -0.1) is 0 Å². The minimum absolute atomic E-state index is 0.0751. The van der Waals surface area contributed by atoms with Gasteiger partial charge in [0.2, 0.25) is 0 Å². The van der Waals surface area contributed by atoms with Crippen LogP contribution in [0.15, 0.2) is 11.6 Å². The monoisotopic (exact) mass is 332 g/mol. The van der Waals surface area contributed by atoms with Crippen molar-refractivity contribution in [2.45, 2.75) is 70.5 Å². The molecular formula is C21H32O3. The second-order valence-corrected chi connectivity index (χ2v) is 10.1. The van der Waals surface area contributed by atoms with E-state index in [-0.39, 0.29) is 23.5 Å². The molecule has 5 aliphatic carbocycles. The molecule has 5 aliphatic rings. The van der Waals surface area contributed by atoms with Gasteiger partial charge in [-0.3, -0.25) is 0 Å². The first-order chi connectivity index (χ1) is 11.4. The highest BCUT2D eigenvalue weighted by Crippen LogP contribution is 2.84. The zero-order valence-corrected chi connectivity index (χ0v) is 15.0. The molecule has 3 nitrogen and oxygen atoms in total. The van der Waals surface area contributed by atoms with Crippen LogP contribution in [0.4, 0.5) is 0 Å². The van der Waals surface area contributed by atoms with Crippen LogP contribution in [-0.4, -0.2) is 33.6 Å².